The van der Waals surface area contributed by atoms with Crippen LogP contribution in [0.25, 0.3) is 0 Å². The van der Waals surface area contributed by atoms with Crippen molar-refractivity contribution in [2.75, 3.05) is 17.3 Å². The minimum absolute atomic E-state index is 0. The molecule has 1 aliphatic heterocycles. The van der Waals surface area contributed by atoms with Crippen LogP contribution in [0.1, 0.15) is 13.0 Å². The molecule has 76 valence electrons. The number of nitrogens with zero attached hydrogens (tertiary/aromatic N) is 1. The Morgan fingerprint density at radius 3 is 2.86 bits per heavy atom. The third-order valence-electron chi connectivity index (χ3n) is 2.30. The maximum absolute atomic E-state index is 11.4. The predicted octanol–water partition coefficient (Wildman–Crippen LogP) is 2.45. The number of carbonyl (C=O) groups is 1. The van der Waals surface area contributed by atoms with Gasteiger partial charge in [-0.1, -0.05) is 25.6 Å². The third-order valence-corrected chi connectivity index (χ3v) is 2.53. The molecule has 1 aromatic rings. The number of rotatable bonds is 1. The highest BCUT2D eigenvalue weighted by Crippen LogP contribution is 2.27. The summed E-state index contributed by atoms with van der Waals surface area (Å²) in [6.07, 6.45) is 0.943. The highest BCUT2D eigenvalue weighted by Gasteiger charge is 2.22. The van der Waals surface area contributed by atoms with Gasteiger partial charge in [-0.05, 0) is 18.1 Å². The summed E-state index contributed by atoms with van der Waals surface area (Å²) in [6.45, 7) is 0.769. The Bertz CT molecular complexity index is 338. The van der Waals surface area contributed by atoms with E-state index < -0.39 is 0 Å². The minimum Gasteiger partial charge on any atom is -0.311 e. The minimum atomic E-state index is -0.00776. The number of hydrogen-bond acceptors (Lipinski definition) is 1. The Hall–Kier alpha value is -1.02. The van der Waals surface area contributed by atoms with Gasteiger partial charge in [0.05, 0.1) is 0 Å². The summed E-state index contributed by atoms with van der Waals surface area (Å²) in [5.41, 5.74) is 2.26. The summed E-state index contributed by atoms with van der Waals surface area (Å²) >= 11 is 5.51. The molecule has 1 aliphatic rings. The molecule has 0 spiro atoms. The molecule has 0 unspecified atom stereocenters. The molecule has 1 aromatic carbocycles. The van der Waals surface area contributed by atoms with Crippen LogP contribution >= 0.6 is 11.6 Å². The highest BCUT2D eigenvalue weighted by atomic mass is 35.5. The van der Waals surface area contributed by atoms with Crippen molar-refractivity contribution in [2.45, 2.75) is 13.8 Å². The second-order valence-corrected chi connectivity index (χ2v) is 3.32. The van der Waals surface area contributed by atoms with Gasteiger partial charge in [0.1, 0.15) is 5.88 Å². The molecule has 1 amide bonds. The van der Waals surface area contributed by atoms with Crippen molar-refractivity contribution in [3.8, 4) is 0 Å². The maximum Gasteiger partial charge on any atom is 0.241 e. The number of anilines is 1. The zero-order valence-electron chi connectivity index (χ0n) is 7.16. The van der Waals surface area contributed by atoms with Gasteiger partial charge in [-0.15, -0.1) is 11.6 Å². The third kappa shape index (κ3) is 1.75. The second-order valence-electron chi connectivity index (χ2n) is 3.06. The van der Waals surface area contributed by atoms with E-state index >= 15 is 0 Å². The standard InChI is InChI=1S/C10H10ClNO.CH4/c11-7-10(13)12-6-5-8-3-1-2-4-9(8)12;/h1-4H,5-7H2;1H4. The van der Waals surface area contributed by atoms with Crippen molar-refractivity contribution in [3.05, 3.63) is 29.8 Å². The molecule has 2 nitrogen and oxygen atoms in total. The lowest BCUT2D eigenvalue weighted by molar-refractivity contribution is -0.116. The van der Waals surface area contributed by atoms with E-state index in [9.17, 15) is 4.79 Å². The molecule has 2 rings (SSSR count). The van der Waals surface area contributed by atoms with Gasteiger partial charge in [-0.2, -0.15) is 0 Å². The van der Waals surface area contributed by atoms with Crippen molar-refractivity contribution < 1.29 is 4.79 Å². The van der Waals surface area contributed by atoms with Crippen LogP contribution in [-0.2, 0) is 11.2 Å². The SMILES string of the molecule is C.O=C(CCl)N1CCc2ccccc21. The van der Waals surface area contributed by atoms with Crippen LogP contribution in [0.2, 0.25) is 0 Å². The lowest BCUT2D eigenvalue weighted by Gasteiger charge is -2.15. The van der Waals surface area contributed by atoms with Crippen LogP contribution in [0, 0.1) is 0 Å². The molecule has 0 aromatic heterocycles. The van der Waals surface area contributed by atoms with E-state index in [4.69, 9.17) is 11.6 Å². The number of carbonyl (C=O) groups excluding carboxylic acids is 1. The largest absolute Gasteiger partial charge is 0.311 e. The summed E-state index contributed by atoms with van der Waals surface area (Å²) < 4.78 is 0. The molecule has 0 atom stereocenters. The molecule has 0 saturated carbocycles. The summed E-state index contributed by atoms with van der Waals surface area (Å²) in [6, 6.07) is 7.95. The summed E-state index contributed by atoms with van der Waals surface area (Å²) in [5, 5.41) is 0. The Balaban J connectivity index is 0.000000980. The molecular weight excluding hydrogens is 198 g/mol. The predicted molar refractivity (Wildman–Crippen MR) is 60.0 cm³/mol. The van der Waals surface area contributed by atoms with Gasteiger partial charge < -0.3 is 4.90 Å². The number of fused-ring (bicyclic) bond motifs is 1. The van der Waals surface area contributed by atoms with Gasteiger partial charge >= 0.3 is 0 Å². The first-order chi connectivity index (χ1) is 6.33. The zero-order chi connectivity index (χ0) is 9.26. The van der Waals surface area contributed by atoms with E-state index in [1.54, 1.807) is 4.90 Å². The van der Waals surface area contributed by atoms with E-state index in [2.05, 4.69) is 6.07 Å². The average molecular weight is 212 g/mol. The molecule has 0 radical (unpaired) electrons. The Morgan fingerprint density at radius 1 is 1.43 bits per heavy atom. The monoisotopic (exact) mass is 211 g/mol. The molecule has 0 bridgehead atoms. The zero-order valence-corrected chi connectivity index (χ0v) is 7.92. The summed E-state index contributed by atoms with van der Waals surface area (Å²) in [7, 11) is 0. The van der Waals surface area contributed by atoms with Crippen molar-refractivity contribution in [2.24, 2.45) is 0 Å². The molecule has 14 heavy (non-hydrogen) atoms. The molecular formula is C11H14ClNO. The van der Waals surface area contributed by atoms with Gasteiger partial charge in [-0.3, -0.25) is 4.79 Å². The number of benzene rings is 1. The fourth-order valence-corrected chi connectivity index (χ4v) is 1.81. The molecule has 0 saturated heterocycles. The van der Waals surface area contributed by atoms with E-state index in [-0.39, 0.29) is 19.2 Å². The van der Waals surface area contributed by atoms with Crippen LogP contribution in [-0.4, -0.2) is 18.3 Å². The maximum atomic E-state index is 11.4. The first kappa shape index (κ1) is 11.1. The number of amides is 1. The fourth-order valence-electron chi connectivity index (χ4n) is 1.67. The van der Waals surface area contributed by atoms with Gasteiger partial charge in [-0.25, -0.2) is 0 Å². The van der Waals surface area contributed by atoms with Crippen LogP contribution in [0.5, 0.6) is 0 Å². The summed E-state index contributed by atoms with van der Waals surface area (Å²) in [5.74, 6) is 0.0561. The number of hydrogen-bond donors (Lipinski definition) is 0. The number of halogens is 1. The number of para-hydroxylation sites is 1. The molecule has 0 aliphatic carbocycles. The Kier molecular flexibility index (Phi) is 3.53. The molecule has 0 N–H and O–H groups in total. The van der Waals surface area contributed by atoms with E-state index in [1.165, 1.54) is 5.56 Å². The first-order valence-electron chi connectivity index (χ1n) is 4.27. The van der Waals surface area contributed by atoms with E-state index in [0.29, 0.717) is 0 Å². The smallest absolute Gasteiger partial charge is 0.241 e. The molecule has 3 heteroatoms. The van der Waals surface area contributed by atoms with Crippen LogP contribution in [0.4, 0.5) is 5.69 Å². The quantitative estimate of drug-likeness (QED) is 0.654. The van der Waals surface area contributed by atoms with Crippen molar-refractivity contribution in [1.29, 1.82) is 0 Å². The average Bonchev–Trinajstić information content (AvgIpc) is 2.60. The van der Waals surface area contributed by atoms with Crippen LogP contribution < -0.4 is 4.90 Å². The lowest BCUT2D eigenvalue weighted by atomic mass is 10.2. The fraction of sp³-hybridized carbons (Fsp3) is 0.364. The van der Waals surface area contributed by atoms with Gasteiger partial charge in [0, 0.05) is 12.2 Å². The molecule has 0 fully saturated rings. The highest BCUT2D eigenvalue weighted by molar-refractivity contribution is 6.29. The Morgan fingerprint density at radius 2 is 2.14 bits per heavy atom. The van der Waals surface area contributed by atoms with Crippen LogP contribution in [0.15, 0.2) is 24.3 Å². The van der Waals surface area contributed by atoms with E-state index in [0.717, 1.165) is 18.7 Å². The molecule has 1 heterocycles. The van der Waals surface area contributed by atoms with E-state index in [1.807, 2.05) is 18.2 Å². The second kappa shape index (κ2) is 4.47. The van der Waals surface area contributed by atoms with Gasteiger partial charge in [0.25, 0.3) is 0 Å². The van der Waals surface area contributed by atoms with Crippen LogP contribution in [0.3, 0.4) is 0 Å². The normalized spacial score (nSPS) is 13.4. The van der Waals surface area contributed by atoms with Crippen molar-refractivity contribution in [1.82, 2.24) is 0 Å². The van der Waals surface area contributed by atoms with Crippen molar-refractivity contribution in [3.63, 3.8) is 0 Å². The van der Waals surface area contributed by atoms with Gasteiger partial charge in [0.15, 0.2) is 0 Å². The Labute approximate surface area is 89.5 Å². The van der Waals surface area contributed by atoms with Gasteiger partial charge in [0.2, 0.25) is 5.91 Å². The summed E-state index contributed by atoms with van der Waals surface area (Å²) in [4.78, 5) is 13.1. The lowest BCUT2D eigenvalue weighted by Crippen LogP contribution is -2.29. The number of alkyl halides is 1. The topological polar surface area (TPSA) is 20.3 Å². The van der Waals surface area contributed by atoms with Crippen molar-refractivity contribution >= 4 is 23.2 Å². The first-order valence-corrected chi connectivity index (χ1v) is 4.80.